The van der Waals surface area contributed by atoms with Crippen molar-refractivity contribution in [1.82, 2.24) is 9.80 Å². The van der Waals surface area contributed by atoms with Crippen LogP contribution in [0.1, 0.15) is 20.3 Å². The second kappa shape index (κ2) is 7.96. The van der Waals surface area contributed by atoms with E-state index in [1.54, 1.807) is 6.92 Å². The number of rotatable bonds is 4. The number of halogens is 1. The summed E-state index contributed by atoms with van der Waals surface area (Å²) in [5, 5.41) is 2.99. The van der Waals surface area contributed by atoms with Gasteiger partial charge >= 0.3 is 6.03 Å². The minimum Gasteiger partial charge on any atom is -0.381 e. The Morgan fingerprint density at radius 3 is 2.73 bits per heavy atom. The summed E-state index contributed by atoms with van der Waals surface area (Å²) in [6.45, 7) is 7.64. The van der Waals surface area contributed by atoms with E-state index >= 15 is 0 Å². The van der Waals surface area contributed by atoms with Gasteiger partial charge in [-0.3, -0.25) is 4.79 Å². The van der Waals surface area contributed by atoms with Gasteiger partial charge in [0.1, 0.15) is 0 Å². The van der Waals surface area contributed by atoms with Gasteiger partial charge in [-0.1, -0.05) is 12.1 Å². The van der Waals surface area contributed by atoms with Gasteiger partial charge in [0.05, 0.1) is 12.3 Å². The zero-order valence-electron chi connectivity index (χ0n) is 15.3. The summed E-state index contributed by atoms with van der Waals surface area (Å²) in [6, 6.07) is 7.49. The second-order valence-electron chi connectivity index (χ2n) is 7.20. The molecule has 0 aromatic heterocycles. The SMILES string of the molecule is CCOC[C@@]12CCN(C(C)=O)C[C@@H]1CN(C(=O)Nc1ccccc1Br)C2. The number of benzene rings is 1. The Morgan fingerprint density at radius 1 is 1.31 bits per heavy atom. The fourth-order valence-electron chi connectivity index (χ4n) is 4.02. The van der Waals surface area contributed by atoms with Gasteiger partial charge in [-0.2, -0.15) is 0 Å². The van der Waals surface area contributed by atoms with Crippen molar-refractivity contribution >= 4 is 33.6 Å². The van der Waals surface area contributed by atoms with Gasteiger partial charge in [-0.15, -0.1) is 0 Å². The molecule has 0 spiro atoms. The summed E-state index contributed by atoms with van der Waals surface area (Å²) >= 11 is 3.47. The minimum atomic E-state index is -0.100. The molecule has 3 amide bonds. The fourth-order valence-corrected chi connectivity index (χ4v) is 4.41. The number of ether oxygens (including phenoxy) is 1. The summed E-state index contributed by atoms with van der Waals surface area (Å²) in [4.78, 5) is 28.4. The Labute approximate surface area is 163 Å². The molecule has 2 heterocycles. The lowest BCUT2D eigenvalue weighted by Gasteiger charge is -2.42. The predicted octanol–water partition coefficient (Wildman–Crippen LogP) is 3.19. The number of nitrogens with zero attached hydrogens (tertiary/aromatic N) is 2. The van der Waals surface area contributed by atoms with E-state index in [1.165, 1.54) is 0 Å². The Balaban J connectivity index is 1.73. The maximum atomic E-state index is 12.8. The molecule has 0 aliphatic carbocycles. The lowest BCUT2D eigenvalue weighted by atomic mass is 9.73. The number of carbonyl (C=O) groups excluding carboxylic acids is 2. The van der Waals surface area contributed by atoms with Crippen LogP contribution in [0.2, 0.25) is 0 Å². The third-order valence-electron chi connectivity index (χ3n) is 5.57. The molecule has 0 saturated carbocycles. The highest BCUT2D eigenvalue weighted by atomic mass is 79.9. The number of likely N-dealkylation sites (tertiary alicyclic amines) is 2. The van der Waals surface area contributed by atoms with Crippen LogP contribution < -0.4 is 5.32 Å². The van der Waals surface area contributed by atoms with Crippen LogP contribution in [0.3, 0.4) is 0 Å². The molecule has 2 fully saturated rings. The molecule has 0 unspecified atom stereocenters. The molecule has 2 atom stereocenters. The monoisotopic (exact) mass is 423 g/mol. The number of hydrogen-bond acceptors (Lipinski definition) is 3. The molecule has 7 heteroatoms. The second-order valence-corrected chi connectivity index (χ2v) is 8.06. The molecule has 0 radical (unpaired) electrons. The average Bonchev–Trinajstić information content (AvgIpc) is 3.01. The molecular formula is C19H26BrN3O3. The van der Waals surface area contributed by atoms with Crippen molar-refractivity contribution < 1.29 is 14.3 Å². The highest BCUT2D eigenvalue weighted by Crippen LogP contribution is 2.43. The van der Waals surface area contributed by atoms with Crippen molar-refractivity contribution in [1.29, 1.82) is 0 Å². The first-order chi connectivity index (χ1) is 12.4. The highest BCUT2D eigenvalue weighted by molar-refractivity contribution is 9.10. The van der Waals surface area contributed by atoms with Gasteiger partial charge in [-0.25, -0.2) is 4.79 Å². The van der Waals surface area contributed by atoms with Crippen molar-refractivity contribution in [2.75, 3.05) is 44.7 Å². The zero-order valence-corrected chi connectivity index (χ0v) is 16.9. The third-order valence-corrected chi connectivity index (χ3v) is 6.27. The minimum absolute atomic E-state index is 0.0623. The van der Waals surface area contributed by atoms with E-state index < -0.39 is 0 Å². The van der Waals surface area contributed by atoms with E-state index in [0.29, 0.717) is 32.8 Å². The van der Waals surface area contributed by atoms with Crippen molar-refractivity contribution in [3.8, 4) is 0 Å². The lowest BCUT2D eigenvalue weighted by molar-refractivity contribution is -0.133. The highest BCUT2D eigenvalue weighted by Gasteiger charge is 2.51. The number of nitrogens with one attached hydrogen (secondary N) is 1. The van der Waals surface area contributed by atoms with Crippen LogP contribution in [0.5, 0.6) is 0 Å². The van der Waals surface area contributed by atoms with Crippen molar-refractivity contribution in [3.63, 3.8) is 0 Å². The molecule has 1 aromatic carbocycles. The van der Waals surface area contributed by atoms with Gasteiger partial charge in [-0.05, 0) is 41.4 Å². The molecular weight excluding hydrogens is 398 g/mol. The summed E-state index contributed by atoms with van der Waals surface area (Å²) in [6.07, 6.45) is 0.871. The standard InChI is InChI=1S/C19H26BrN3O3/c1-3-26-13-19-8-9-22(14(2)24)10-15(19)11-23(12-19)18(25)21-17-7-5-4-6-16(17)20/h4-7,15H,3,8-13H2,1-2H3,(H,21,25)/t15-,19+/m1/s1. The Bertz CT molecular complexity index is 684. The van der Waals surface area contributed by atoms with Crippen LogP contribution >= 0.6 is 15.9 Å². The van der Waals surface area contributed by atoms with Crippen LogP contribution in [0.25, 0.3) is 0 Å². The van der Waals surface area contributed by atoms with E-state index in [4.69, 9.17) is 4.74 Å². The van der Waals surface area contributed by atoms with E-state index in [-0.39, 0.29) is 23.3 Å². The Morgan fingerprint density at radius 2 is 2.04 bits per heavy atom. The molecule has 6 nitrogen and oxygen atoms in total. The summed E-state index contributed by atoms with van der Waals surface area (Å²) in [5.41, 5.74) is 0.698. The maximum absolute atomic E-state index is 12.8. The zero-order chi connectivity index (χ0) is 18.7. The number of para-hydroxylation sites is 1. The number of anilines is 1. The molecule has 26 heavy (non-hydrogen) atoms. The van der Waals surface area contributed by atoms with Crippen molar-refractivity contribution in [2.45, 2.75) is 20.3 Å². The Kier molecular flexibility index (Phi) is 5.87. The third kappa shape index (κ3) is 3.88. The van der Waals surface area contributed by atoms with Gasteiger partial charge < -0.3 is 19.9 Å². The van der Waals surface area contributed by atoms with Crippen LogP contribution in [0.4, 0.5) is 10.5 Å². The first kappa shape index (κ1) is 19.2. The molecule has 2 aliphatic heterocycles. The number of piperidine rings is 1. The van der Waals surface area contributed by atoms with Crippen LogP contribution in [0.15, 0.2) is 28.7 Å². The molecule has 2 aliphatic rings. The topological polar surface area (TPSA) is 61.9 Å². The van der Waals surface area contributed by atoms with Gasteiger partial charge in [0.15, 0.2) is 0 Å². The van der Waals surface area contributed by atoms with Crippen LogP contribution in [-0.2, 0) is 9.53 Å². The van der Waals surface area contributed by atoms with E-state index in [2.05, 4.69) is 21.2 Å². The quantitative estimate of drug-likeness (QED) is 0.808. The maximum Gasteiger partial charge on any atom is 0.321 e. The van der Waals surface area contributed by atoms with E-state index in [9.17, 15) is 9.59 Å². The molecule has 2 saturated heterocycles. The number of urea groups is 1. The summed E-state index contributed by atoms with van der Waals surface area (Å²) < 4.78 is 6.63. The first-order valence-electron chi connectivity index (χ1n) is 9.09. The normalized spacial score (nSPS) is 25.1. The summed E-state index contributed by atoms with van der Waals surface area (Å²) in [5.74, 6) is 0.350. The molecule has 1 aromatic rings. The molecule has 1 N–H and O–H groups in total. The van der Waals surface area contributed by atoms with Crippen LogP contribution in [-0.4, -0.2) is 61.1 Å². The van der Waals surface area contributed by atoms with Gasteiger partial charge in [0, 0.05) is 55.5 Å². The van der Waals surface area contributed by atoms with E-state index in [0.717, 1.165) is 23.1 Å². The van der Waals surface area contributed by atoms with Gasteiger partial charge in [0.25, 0.3) is 0 Å². The Hall–Kier alpha value is -1.60. The number of carbonyl (C=O) groups is 2. The number of hydrogen-bond donors (Lipinski definition) is 1. The van der Waals surface area contributed by atoms with E-state index in [1.807, 2.05) is 41.0 Å². The number of amides is 3. The molecule has 142 valence electrons. The average molecular weight is 424 g/mol. The predicted molar refractivity (Wildman–Crippen MR) is 104 cm³/mol. The molecule has 0 bridgehead atoms. The fraction of sp³-hybridized carbons (Fsp3) is 0.579. The summed E-state index contributed by atoms with van der Waals surface area (Å²) in [7, 11) is 0. The number of fused-ring (bicyclic) bond motifs is 1. The van der Waals surface area contributed by atoms with Crippen LogP contribution in [0, 0.1) is 11.3 Å². The largest absolute Gasteiger partial charge is 0.381 e. The van der Waals surface area contributed by atoms with Crippen molar-refractivity contribution in [3.05, 3.63) is 28.7 Å². The van der Waals surface area contributed by atoms with Gasteiger partial charge in [0.2, 0.25) is 5.91 Å². The van der Waals surface area contributed by atoms with Crippen molar-refractivity contribution in [2.24, 2.45) is 11.3 Å². The first-order valence-corrected chi connectivity index (χ1v) is 9.88. The lowest BCUT2D eigenvalue weighted by Crippen LogP contribution is -2.50. The molecule has 3 rings (SSSR count). The smallest absolute Gasteiger partial charge is 0.321 e.